The minimum atomic E-state index is -2.32. The Hall–Kier alpha value is -0.323. The molecule has 3 nitrogen and oxygen atoms in total. The summed E-state index contributed by atoms with van der Waals surface area (Å²) in [6.07, 6.45) is 4.51. The van der Waals surface area contributed by atoms with E-state index in [2.05, 4.69) is 0 Å². The highest BCUT2D eigenvalue weighted by molar-refractivity contribution is 6.59. The van der Waals surface area contributed by atoms with E-state index < -0.39 is 8.80 Å². The predicted molar refractivity (Wildman–Crippen MR) is 46.2 cm³/mol. The van der Waals surface area contributed by atoms with E-state index in [-0.39, 0.29) is 0 Å². The lowest BCUT2D eigenvalue weighted by atomic mass is 10.5. The first-order valence-electron chi connectivity index (χ1n) is 3.61. The largest absolute Gasteiger partial charge is 0.561 e. The molecular weight excluding hydrogens is 160 g/mol. The molecule has 0 aliphatic rings. The molecule has 0 heterocycles. The highest BCUT2D eigenvalue weighted by atomic mass is 28.4. The lowest BCUT2D eigenvalue weighted by Crippen LogP contribution is -2.38. The molecule has 0 spiro atoms. The molecule has 0 unspecified atom stereocenters. The van der Waals surface area contributed by atoms with Crippen molar-refractivity contribution < 1.29 is 13.3 Å². The van der Waals surface area contributed by atoms with Gasteiger partial charge < -0.3 is 13.3 Å². The van der Waals surface area contributed by atoms with Crippen LogP contribution in [0, 0.1) is 0 Å². The van der Waals surface area contributed by atoms with Crippen LogP contribution in [0.1, 0.15) is 13.3 Å². The molecule has 0 aromatic carbocycles. The van der Waals surface area contributed by atoms with Crippen molar-refractivity contribution >= 4 is 8.80 Å². The van der Waals surface area contributed by atoms with Gasteiger partial charge in [0.05, 0.1) is 6.26 Å². The molecule has 0 aromatic heterocycles. The summed E-state index contributed by atoms with van der Waals surface area (Å²) >= 11 is 0. The molecule has 11 heavy (non-hydrogen) atoms. The topological polar surface area (TPSA) is 27.7 Å². The summed E-state index contributed by atoms with van der Waals surface area (Å²) in [5, 5.41) is 0. The van der Waals surface area contributed by atoms with Crippen LogP contribution < -0.4 is 0 Å². The normalized spacial score (nSPS) is 12.4. The Balaban J connectivity index is 3.77. The highest BCUT2D eigenvalue weighted by Crippen LogP contribution is 2.06. The van der Waals surface area contributed by atoms with Crippen molar-refractivity contribution in [3.8, 4) is 0 Å². The second-order valence-corrected chi connectivity index (χ2v) is 4.95. The van der Waals surface area contributed by atoms with Crippen molar-refractivity contribution in [2.24, 2.45) is 0 Å². The smallest absolute Gasteiger partial charge is 0.508 e. The summed E-state index contributed by atoms with van der Waals surface area (Å²) in [5.41, 5.74) is 0. The molecule has 4 heteroatoms. The Morgan fingerprint density at radius 2 is 1.82 bits per heavy atom. The minimum absolute atomic E-state index is 0.956. The van der Waals surface area contributed by atoms with Crippen LogP contribution in [0.2, 0.25) is 6.55 Å². The van der Waals surface area contributed by atoms with Crippen LogP contribution in [-0.2, 0) is 13.3 Å². The van der Waals surface area contributed by atoms with E-state index in [0.29, 0.717) is 0 Å². The molecule has 0 fully saturated rings. The van der Waals surface area contributed by atoms with Gasteiger partial charge >= 0.3 is 8.80 Å². The van der Waals surface area contributed by atoms with Gasteiger partial charge in [-0.15, -0.1) is 0 Å². The monoisotopic (exact) mass is 176 g/mol. The first-order chi connectivity index (χ1) is 5.18. The van der Waals surface area contributed by atoms with Crippen molar-refractivity contribution in [1.82, 2.24) is 0 Å². The summed E-state index contributed by atoms with van der Waals surface area (Å²) in [4.78, 5) is 0. The fourth-order valence-electron chi connectivity index (χ4n) is 0.447. The van der Waals surface area contributed by atoms with Crippen molar-refractivity contribution in [1.29, 1.82) is 0 Å². The Labute approximate surface area is 69.3 Å². The fraction of sp³-hybridized carbons (Fsp3) is 0.714. The number of hydrogen-bond acceptors (Lipinski definition) is 3. The maximum absolute atomic E-state index is 5.28. The Bertz CT molecular complexity index is 121. The third-order valence-corrected chi connectivity index (χ3v) is 3.40. The lowest BCUT2D eigenvalue weighted by Gasteiger charge is -2.19. The van der Waals surface area contributed by atoms with Gasteiger partial charge in [0, 0.05) is 20.8 Å². The predicted octanol–water partition coefficient (Wildman–Crippen LogP) is 1.79. The molecule has 0 saturated heterocycles. The van der Waals surface area contributed by atoms with Crippen molar-refractivity contribution in [3.63, 3.8) is 0 Å². The van der Waals surface area contributed by atoms with E-state index in [1.54, 1.807) is 20.5 Å². The lowest BCUT2D eigenvalue weighted by molar-refractivity contribution is 0.149. The van der Waals surface area contributed by atoms with Crippen LogP contribution >= 0.6 is 0 Å². The van der Waals surface area contributed by atoms with Gasteiger partial charge in [-0.3, -0.25) is 0 Å². The van der Waals surface area contributed by atoms with Gasteiger partial charge in [0.2, 0.25) is 0 Å². The van der Waals surface area contributed by atoms with Gasteiger partial charge in [-0.1, -0.05) is 13.0 Å². The van der Waals surface area contributed by atoms with Crippen LogP contribution in [0.4, 0.5) is 0 Å². The molecule has 0 N–H and O–H groups in total. The molecule has 0 rings (SSSR count). The zero-order valence-electron chi connectivity index (χ0n) is 7.59. The maximum atomic E-state index is 5.28. The van der Waals surface area contributed by atoms with E-state index in [4.69, 9.17) is 13.3 Å². The molecule has 0 bridgehead atoms. The quantitative estimate of drug-likeness (QED) is 0.472. The Morgan fingerprint density at radius 1 is 1.27 bits per heavy atom. The molecule has 0 radical (unpaired) electrons. The highest BCUT2D eigenvalue weighted by Gasteiger charge is 2.32. The van der Waals surface area contributed by atoms with E-state index in [1.165, 1.54) is 0 Å². The van der Waals surface area contributed by atoms with Crippen LogP contribution in [0.5, 0.6) is 0 Å². The SMILES string of the molecule is CCC=CO[Si](C)(OC)OC. The van der Waals surface area contributed by atoms with Crippen LogP contribution in [0.25, 0.3) is 0 Å². The van der Waals surface area contributed by atoms with Gasteiger partial charge in [-0.2, -0.15) is 0 Å². The number of hydrogen-bond donors (Lipinski definition) is 0. The summed E-state index contributed by atoms with van der Waals surface area (Å²) in [6, 6.07) is 0. The average Bonchev–Trinajstić information content (AvgIpc) is 2.05. The maximum Gasteiger partial charge on any atom is 0.561 e. The molecule has 0 aliphatic carbocycles. The summed E-state index contributed by atoms with van der Waals surface area (Å²) in [6.45, 7) is 3.88. The van der Waals surface area contributed by atoms with E-state index in [0.717, 1.165) is 6.42 Å². The molecule has 0 aliphatic heterocycles. The van der Waals surface area contributed by atoms with Crippen LogP contribution in [0.3, 0.4) is 0 Å². The second-order valence-electron chi connectivity index (χ2n) is 2.17. The van der Waals surface area contributed by atoms with Gasteiger partial charge in [-0.05, 0) is 6.42 Å². The van der Waals surface area contributed by atoms with Crippen LogP contribution in [-0.4, -0.2) is 23.0 Å². The molecule has 0 atom stereocenters. The summed E-state index contributed by atoms with van der Waals surface area (Å²) in [7, 11) is 0.864. The molecule has 0 saturated carbocycles. The van der Waals surface area contributed by atoms with Crippen molar-refractivity contribution in [2.45, 2.75) is 19.9 Å². The Kier molecular flexibility index (Phi) is 5.19. The number of allylic oxidation sites excluding steroid dienone is 1. The molecule has 66 valence electrons. The average molecular weight is 176 g/mol. The molecule has 0 aromatic rings. The Morgan fingerprint density at radius 3 is 2.18 bits per heavy atom. The third-order valence-electron chi connectivity index (χ3n) is 1.36. The van der Waals surface area contributed by atoms with Gasteiger partial charge in [0.25, 0.3) is 0 Å². The zero-order chi connectivity index (χ0) is 8.74. The molecular formula is C7H16O3Si. The number of rotatable bonds is 5. The van der Waals surface area contributed by atoms with E-state index in [1.807, 2.05) is 19.5 Å². The molecule has 0 amide bonds. The summed E-state index contributed by atoms with van der Waals surface area (Å²) < 4.78 is 15.4. The minimum Gasteiger partial charge on any atom is -0.508 e. The fourth-order valence-corrected chi connectivity index (χ4v) is 1.15. The first-order valence-corrected chi connectivity index (χ1v) is 5.84. The van der Waals surface area contributed by atoms with Gasteiger partial charge in [0.1, 0.15) is 0 Å². The van der Waals surface area contributed by atoms with E-state index in [9.17, 15) is 0 Å². The van der Waals surface area contributed by atoms with Gasteiger partial charge in [0.15, 0.2) is 0 Å². The zero-order valence-corrected chi connectivity index (χ0v) is 8.59. The van der Waals surface area contributed by atoms with E-state index >= 15 is 0 Å². The van der Waals surface area contributed by atoms with Crippen molar-refractivity contribution in [2.75, 3.05) is 14.2 Å². The van der Waals surface area contributed by atoms with Gasteiger partial charge in [-0.25, -0.2) is 0 Å². The van der Waals surface area contributed by atoms with Crippen molar-refractivity contribution in [3.05, 3.63) is 12.3 Å². The summed E-state index contributed by atoms with van der Waals surface area (Å²) in [5.74, 6) is 0. The first kappa shape index (κ1) is 10.7. The van der Waals surface area contributed by atoms with Crippen LogP contribution in [0.15, 0.2) is 12.3 Å². The second kappa shape index (κ2) is 5.34. The third kappa shape index (κ3) is 4.18. The standard InChI is InChI=1S/C7H16O3Si/c1-5-6-7-10-11(4,8-2)9-3/h6-7H,5H2,1-4H3.